The van der Waals surface area contributed by atoms with Crippen LogP contribution in [0, 0.1) is 22.5 Å². The number of quaternary nitrogens is 1. The summed E-state index contributed by atoms with van der Waals surface area (Å²) in [6.07, 6.45) is 11.6. The second kappa shape index (κ2) is 13.0. The standard InChI is InChI=1S/C27H27N9O4.BrH/c1-6-18-9-7-10-19(13-18)31-25-20-14-23(28-15-21(20)29-17-30-25)32-24(37)11-8-12-36(3,4)16-22-26(35(38)39)33-27(40-5)34(22)2;/h1,7-11,13-15,17H,12,16H2,2-5H3,(H-,28,29,30,31,32,37);1H/b11-8+;. The molecule has 1 aromatic carbocycles. The Balaban J connectivity index is 0.00000462. The van der Waals surface area contributed by atoms with Crippen LogP contribution in [-0.4, -0.2) is 67.6 Å². The summed E-state index contributed by atoms with van der Waals surface area (Å²) in [5, 5.41) is 18.1. The lowest BCUT2D eigenvalue weighted by Crippen LogP contribution is -3.00. The van der Waals surface area contributed by atoms with E-state index in [9.17, 15) is 14.9 Å². The molecule has 4 aromatic rings. The van der Waals surface area contributed by atoms with Gasteiger partial charge in [0.05, 0.1) is 39.5 Å². The number of likely N-dealkylation sites (N-methyl/N-ethyl adjacent to an activating group) is 1. The van der Waals surface area contributed by atoms with Crippen molar-refractivity contribution in [1.29, 1.82) is 0 Å². The minimum absolute atomic E-state index is 0. The van der Waals surface area contributed by atoms with Crippen LogP contribution in [0.4, 0.5) is 23.1 Å². The van der Waals surface area contributed by atoms with Crippen LogP contribution in [0.2, 0.25) is 0 Å². The van der Waals surface area contributed by atoms with Crippen LogP contribution < -0.4 is 32.4 Å². The highest BCUT2D eigenvalue weighted by molar-refractivity contribution is 6.00. The maximum atomic E-state index is 12.6. The molecule has 212 valence electrons. The van der Waals surface area contributed by atoms with Crippen LogP contribution in [0.5, 0.6) is 6.01 Å². The Morgan fingerprint density at radius 1 is 1.27 bits per heavy atom. The zero-order valence-electron chi connectivity index (χ0n) is 22.8. The van der Waals surface area contributed by atoms with Crippen LogP contribution in [0.15, 0.2) is 55.0 Å². The Bertz CT molecular complexity index is 1660. The molecule has 0 aliphatic rings. The van der Waals surface area contributed by atoms with Gasteiger partial charge in [-0.15, -0.1) is 6.42 Å². The number of rotatable bonds is 10. The predicted molar refractivity (Wildman–Crippen MR) is 150 cm³/mol. The van der Waals surface area contributed by atoms with Gasteiger partial charge in [0.15, 0.2) is 5.69 Å². The van der Waals surface area contributed by atoms with Crippen LogP contribution in [-0.2, 0) is 18.4 Å². The van der Waals surface area contributed by atoms with E-state index in [1.165, 1.54) is 19.5 Å². The van der Waals surface area contributed by atoms with Gasteiger partial charge < -0.3 is 46.9 Å². The molecule has 4 rings (SSSR count). The van der Waals surface area contributed by atoms with Gasteiger partial charge in [-0.3, -0.25) is 9.36 Å². The number of pyridine rings is 1. The molecule has 0 saturated carbocycles. The van der Waals surface area contributed by atoms with E-state index in [1.54, 1.807) is 30.0 Å². The van der Waals surface area contributed by atoms with Crippen LogP contribution in [0.1, 0.15) is 11.3 Å². The van der Waals surface area contributed by atoms with E-state index in [-0.39, 0.29) is 34.7 Å². The van der Waals surface area contributed by atoms with Gasteiger partial charge in [0, 0.05) is 34.7 Å². The van der Waals surface area contributed by atoms with Crippen LogP contribution in [0.3, 0.4) is 0 Å². The number of imidazole rings is 1. The Morgan fingerprint density at radius 2 is 2.05 bits per heavy atom. The summed E-state index contributed by atoms with van der Waals surface area (Å²) in [4.78, 5) is 40.4. The third-order valence-electron chi connectivity index (χ3n) is 6.02. The lowest BCUT2D eigenvalue weighted by molar-refractivity contribution is -0.898. The van der Waals surface area contributed by atoms with E-state index in [0.717, 1.165) is 11.3 Å². The first-order valence-corrected chi connectivity index (χ1v) is 12.1. The Morgan fingerprint density at radius 3 is 2.76 bits per heavy atom. The SMILES string of the molecule is C#Cc1cccc(Nc2ncnc3cnc(NC(=O)/C=C/C[N+](C)(C)Cc4c([N+](=O)[O-])nc(OC)n4C)cc23)c1.[Br-]. The number of hydrogen-bond acceptors (Lipinski definition) is 9. The normalized spacial score (nSPS) is 11.1. The van der Waals surface area contributed by atoms with E-state index in [0.29, 0.717) is 45.8 Å². The molecule has 0 aliphatic heterocycles. The highest BCUT2D eigenvalue weighted by atomic mass is 79.9. The molecular formula is C27H28BrN9O4. The van der Waals surface area contributed by atoms with E-state index < -0.39 is 4.92 Å². The number of amides is 1. The zero-order chi connectivity index (χ0) is 28.9. The van der Waals surface area contributed by atoms with Gasteiger partial charge in [-0.2, -0.15) is 0 Å². The minimum atomic E-state index is -0.530. The molecule has 0 radical (unpaired) electrons. The molecule has 0 atom stereocenters. The van der Waals surface area contributed by atoms with Crippen LogP contribution >= 0.6 is 0 Å². The number of terminal acetylenes is 1. The number of ether oxygens (including phenoxy) is 1. The summed E-state index contributed by atoms with van der Waals surface area (Å²) in [5.41, 5.74) is 2.50. The smallest absolute Gasteiger partial charge is 0.414 e. The average Bonchev–Trinajstić information content (AvgIpc) is 3.23. The lowest BCUT2D eigenvalue weighted by Gasteiger charge is -2.27. The van der Waals surface area contributed by atoms with E-state index in [2.05, 4.69) is 36.5 Å². The topological polar surface area (TPSA) is 150 Å². The van der Waals surface area contributed by atoms with Crippen molar-refractivity contribution in [1.82, 2.24) is 24.5 Å². The van der Waals surface area contributed by atoms with Crippen molar-refractivity contribution >= 4 is 40.0 Å². The number of carbonyl (C=O) groups excluding carboxylic acids is 1. The van der Waals surface area contributed by atoms with Gasteiger partial charge in [0.2, 0.25) is 5.91 Å². The number of aromatic nitrogens is 5. The zero-order valence-corrected chi connectivity index (χ0v) is 24.4. The minimum Gasteiger partial charge on any atom is -1.00 e. The third kappa shape index (κ3) is 7.41. The number of nitrogens with zero attached hydrogens (tertiary/aromatic N) is 7. The van der Waals surface area contributed by atoms with Crippen molar-refractivity contribution in [2.24, 2.45) is 7.05 Å². The summed E-state index contributed by atoms with van der Waals surface area (Å²) in [6.45, 7) is 0.712. The molecule has 0 fully saturated rings. The number of methoxy groups -OCH3 is 1. The quantitative estimate of drug-likeness (QED) is 0.0830. The van der Waals surface area contributed by atoms with E-state index in [1.807, 2.05) is 38.4 Å². The number of halogens is 1. The average molecular weight is 622 g/mol. The van der Waals surface area contributed by atoms with Gasteiger partial charge in [0.25, 0.3) is 0 Å². The number of carbonyl (C=O) groups is 1. The number of fused-ring (bicyclic) bond motifs is 1. The Labute approximate surface area is 246 Å². The molecule has 0 saturated heterocycles. The molecule has 3 aromatic heterocycles. The number of nitrogens with one attached hydrogen (secondary N) is 2. The number of benzene rings is 1. The van der Waals surface area contributed by atoms with Gasteiger partial charge in [-0.05, 0) is 35.3 Å². The molecule has 0 unspecified atom stereocenters. The molecule has 14 heteroatoms. The third-order valence-corrected chi connectivity index (χ3v) is 6.02. The Hall–Kier alpha value is -4.87. The first-order chi connectivity index (χ1) is 19.1. The maximum Gasteiger partial charge on any atom is 0.414 e. The van der Waals surface area contributed by atoms with E-state index >= 15 is 0 Å². The molecule has 41 heavy (non-hydrogen) atoms. The van der Waals surface area contributed by atoms with Gasteiger partial charge >= 0.3 is 11.8 Å². The molecule has 1 amide bonds. The fraction of sp³-hybridized carbons (Fsp3) is 0.222. The molecule has 0 spiro atoms. The predicted octanol–water partition coefficient (Wildman–Crippen LogP) is 0.175. The first-order valence-electron chi connectivity index (χ1n) is 12.1. The second-order valence-corrected chi connectivity index (χ2v) is 9.51. The van der Waals surface area contributed by atoms with Gasteiger partial charge in [0.1, 0.15) is 24.5 Å². The van der Waals surface area contributed by atoms with Crippen LogP contribution in [0.25, 0.3) is 10.9 Å². The van der Waals surface area contributed by atoms with E-state index in [4.69, 9.17) is 11.2 Å². The lowest BCUT2D eigenvalue weighted by atomic mass is 10.2. The highest BCUT2D eigenvalue weighted by Crippen LogP contribution is 2.26. The van der Waals surface area contributed by atoms with Crippen molar-refractivity contribution in [3.63, 3.8) is 0 Å². The second-order valence-electron chi connectivity index (χ2n) is 9.51. The number of nitro groups is 1. The first kappa shape index (κ1) is 30.7. The molecule has 0 aliphatic carbocycles. The summed E-state index contributed by atoms with van der Waals surface area (Å²) < 4.78 is 7.00. The fourth-order valence-corrected chi connectivity index (χ4v) is 4.03. The largest absolute Gasteiger partial charge is 1.00 e. The fourth-order valence-electron chi connectivity index (χ4n) is 4.03. The van der Waals surface area contributed by atoms with Gasteiger partial charge in [-0.1, -0.05) is 12.0 Å². The summed E-state index contributed by atoms with van der Waals surface area (Å²) in [6, 6.07) is 9.20. The highest BCUT2D eigenvalue weighted by Gasteiger charge is 2.31. The molecular weight excluding hydrogens is 594 g/mol. The monoisotopic (exact) mass is 621 g/mol. The molecule has 13 nitrogen and oxygen atoms in total. The number of hydrogen-bond donors (Lipinski definition) is 2. The number of anilines is 3. The molecule has 2 N–H and O–H groups in total. The summed E-state index contributed by atoms with van der Waals surface area (Å²) >= 11 is 0. The maximum absolute atomic E-state index is 12.6. The Kier molecular flexibility index (Phi) is 9.72. The van der Waals surface area contributed by atoms with Crippen molar-refractivity contribution in [2.75, 3.05) is 38.4 Å². The molecule has 3 heterocycles. The van der Waals surface area contributed by atoms with Crippen molar-refractivity contribution in [3.05, 3.63) is 76.4 Å². The molecule has 0 bridgehead atoms. The van der Waals surface area contributed by atoms with Crippen molar-refractivity contribution in [3.8, 4) is 18.4 Å². The summed E-state index contributed by atoms with van der Waals surface area (Å²) in [7, 11) is 6.85. The van der Waals surface area contributed by atoms with Gasteiger partial charge in [-0.25, -0.2) is 15.0 Å². The van der Waals surface area contributed by atoms with Crippen molar-refractivity contribution in [2.45, 2.75) is 6.54 Å². The summed E-state index contributed by atoms with van der Waals surface area (Å²) in [5.74, 6) is 2.82. The van der Waals surface area contributed by atoms with Crippen molar-refractivity contribution < 1.29 is 35.9 Å².